The maximum Gasteiger partial charge on any atom is 0.303 e. The molecule has 0 saturated carbocycles. The van der Waals surface area contributed by atoms with Gasteiger partial charge < -0.3 is 10.0 Å². The normalized spacial score (nSPS) is 18.9. The molecule has 0 unspecified atom stereocenters. The number of amides is 1. The molecule has 1 aromatic rings. The van der Waals surface area contributed by atoms with Crippen molar-refractivity contribution in [1.82, 2.24) is 4.90 Å². The fourth-order valence-corrected chi connectivity index (χ4v) is 2.59. The average molecular weight is 279 g/mol. The molecule has 2 rings (SSSR count). The number of benzene rings is 1. The molecular formula is C15H18FNO3. The Balaban J connectivity index is 1.96. The van der Waals surface area contributed by atoms with Crippen molar-refractivity contribution in [2.45, 2.75) is 25.7 Å². The second-order valence-electron chi connectivity index (χ2n) is 5.20. The van der Waals surface area contributed by atoms with E-state index in [4.69, 9.17) is 5.11 Å². The number of nitrogens with zero attached hydrogens (tertiary/aromatic N) is 1. The number of carbonyl (C=O) groups excluding carboxylic acids is 1. The molecule has 1 atom stereocenters. The van der Waals surface area contributed by atoms with Gasteiger partial charge in [0, 0.05) is 25.1 Å². The SMILES string of the molecule is O=C(O)CC[C@H]1CCCN(C(=O)c2ccc(F)cc2)C1. The summed E-state index contributed by atoms with van der Waals surface area (Å²) in [6, 6.07) is 5.52. The fourth-order valence-electron chi connectivity index (χ4n) is 2.59. The standard InChI is InChI=1S/C15H18FNO3/c16-13-6-4-12(5-7-13)15(20)17-9-1-2-11(10-17)3-8-14(18)19/h4-7,11H,1-3,8-10H2,(H,18,19)/t11-/m1/s1. The van der Waals surface area contributed by atoms with Crippen LogP contribution < -0.4 is 0 Å². The van der Waals surface area contributed by atoms with Crippen molar-refractivity contribution in [3.63, 3.8) is 0 Å². The number of hydrogen-bond donors (Lipinski definition) is 1. The molecule has 4 nitrogen and oxygen atoms in total. The molecular weight excluding hydrogens is 261 g/mol. The number of halogens is 1. The van der Waals surface area contributed by atoms with Gasteiger partial charge in [0.05, 0.1) is 0 Å². The van der Waals surface area contributed by atoms with E-state index in [1.807, 2.05) is 0 Å². The van der Waals surface area contributed by atoms with Crippen LogP contribution in [0.1, 0.15) is 36.0 Å². The molecule has 1 heterocycles. The second kappa shape index (κ2) is 6.50. The van der Waals surface area contributed by atoms with Gasteiger partial charge in [0.1, 0.15) is 5.82 Å². The Kier molecular flexibility index (Phi) is 4.71. The third kappa shape index (κ3) is 3.79. The largest absolute Gasteiger partial charge is 0.481 e. The number of likely N-dealkylation sites (tertiary alicyclic amines) is 1. The van der Waals surface area contributed by atoms with E-state index >= 15 is 0 Å². The maximum absolute atomic E-state index is 12.8. The van der Waals surface area contributed by atoms with E-state index in [0.717, 1.165) is 12.8 Å². The molecule has 0 aliphatic carbocycles. The maximum atomic E-state index is 12.8. The van der Waals surface area contributed by atoms with Crippen molar-refractivity contribution < 1.29 is 19.1 Å². The monoisotopic (exact) mass is 279 g/mol. The second-order valence-corrected chi connectivity index (χ2v) is 5.20. The Bertz CT molecular complexity index is 486. The van der Waals surface area contributed by atoms with Crippen molar-refractivity contribution in [1.29, 1.82) is 0 Å². The smallest absolute Gasteiger partial charge is 0.303 e. The van der Waals surface area contributed by atoms with Gasteiger partial charge in [0.25, 0.3) is 5.91 Å². The molecule has 1 saturated heterocycles. The van der Waals surface area contributed by atoms with Gasteiger partial charge in [0.2, 0.25) is 0 Å². The lowest BCUT2D eigenvalue weighted by Gasteiger charge is -2.32. The van der Waals surface area contributed by atoms with Gasteiger partial charge in [0.15, 0.2) is 0 Å². The minimum atomic E-state index is -0.799. The van der Waals surface area contributed by atoms with Crippen LogP contribution in [-0.2, 0) is 4.79 Å². The topological polar surface area (TPSA) is 57.6 Å². The summed E-state index contributed by atoms with van der Waals surface area (Å²) in [5.41, 5.74) is 0.477. The summed E-state index contributed by atoms with van der Waals surface area (Å²) in [5, 5.41) is 8.71. The Morgan fingerprint density at radius 1 is 1.30 bits per heavy atom. The lowest BCUT2D eigenvalue weighted by Crippen LogP contribution is -2.40. The fraction of sp³-hybridized carbons (Fsp3) is 0.467. The van der Waals surface area contributed by atoms with E-state index in [-0.39, 0.29) is 24.1 Å². The van der Waals surface area contributed by atoms with Crippen molar-refractivity contribution in [2.24, 2.45) is 5.92 Å². The zero-order valence-electron chi connectivity index (χ0n) is 11.2. The molecule has 0 bridgehead atoms. The first-order valence-corrected chi connectivity index (χ1v) is 6.83. The average Bonchev–Trinajstić information content (AvgIpc) is 2.45. The summed E-state index contributed by atoms with van der Waals surface area (Å²) >= 11 is 0. The number of carbonyl (C=O) groups is 2. The molecule has 1 aliphatic rings. The van der Waals surface area contributed by atoms with Crippen molar-refractivity contribution in [3.05, 3.63) is 35.6 Å². The number of hydrogen-bond acceptors (Lipinski definition) is 2. The Morgan fingerprint density at radius 2 is 2.00 bits per heavy atom. The molecule has 5 heteroatoms. The van der Waals surface area contributed by atoms with Gasteiger partial charge in [-0.15, -0.1) is 0 Å². The van der Waals surface area contributed by atoms with Crippen LogP contribution in [0.5, 0.6) is 0 Å². The molecule has 20 heavy (non-hydrogen) atoms. The summed E-state index contributed by atoms with van der Waals surface area (Å²) in [6.45, 7) is 1.27. The van der Waals surface area contributed by atoms with Gasteiger partial charge >= 0.3 is 5.97 Å². The summed E-state index contributed by atoms with van der Waals surface area (Å²) in [4.78, 5) is 24.6. The number of carboxylic acid groups (broad SMARTS) is 1. The summed E-state index contributed by atoms with van der Waals surface area (Å²) in [7, 11) is 0. The van der Waals surface area contributed by atoms with E-state index in [2.05, 4.69) is 0 Å². The van der Waals surface area contributed by atoms with Crippen LogP contribution >= 0.6 is 0 Å². The van der Waals surface area contributed by atoms with E-state index in [1.165, 1.54) is 24.3 Å². The summed E-state index contributed by atoms with van der Waals surface area (Å²) < 4.78 is 12.8. The first-order valence-electron chi connectivity index (χ1n) is 6.83. The predicted molar refractivity (Wildman–Crippen MR) is 71.9 cm³/mol. The molecule has 1 fully saturated rings. The molecule has 1 aromatic carbocycles. The van der Waals surface area contributed by atoms with E-state index in [9.17, 15) is 14.0 Å². The van der Waals surface area contributed by atoms with Gasteiger partial charge in [-0.3, -0.25) is 9.59 Å². The lowest BCUT2D eigenvalue weighted by atomic mass is 9.93. The molecule has 0 aromatic heterocycles. The van der Waals surface area contributed by atoms with Crippen molar-refractivity contribution in [2.75, 3.05) is 13.1 Å². The molecule has 1 aliphatic heterocycles. The third-order valence-electron chi connectivity index (χ3n) is 3.66. The number of rotatable bonds is 4. The van der Waals surface area contributed by atoms with Crippen LogP contribution in [0.4, 0.5) is 4.39 Å². The van der Waals surface area contributed by atoms with E-state index in [0.29, 0.717) is 25.1 Å². The minimum absolute atomic E-state index is 0.106. The van der Waals surface area contributed by atoms with Crippen LogP contribution in [0.15, 0.2) is 24.3 Å². The number of aliphatic carboxylic acids is 1. The van der Waals surface area contributed by atoms with Crippen LogP contribution in [0.2, 0.25) is 0 Å². The quantitative estimate of drug-likeness (QED) is 0.921. The Labute approximate surface area is 117 Å². The summed E-state index contributed by atoms with van der Waals surface area (Å²) in [5.74, 6) is -1.03. The van der Waals surface area contributed by atoms with E-state index < -0.39 is 5.97 Å². The van der Waals surface area contributed by atoms with E-state index in [1.54, 1.807) is 4.90 Å². The predicted octanol–water partition coefficient (Wildman–Crippen LogP) is 2.54. The first-order chi connectivity index (χ1) is 9.56. The minimum Gasteiger partial charge on any atom is -0.481 e. The van der Waals surface area contributed by atoms with Crippen LogP contribution in [0.3, 0.4) is 0 Å². The molecule has 108 valence electrons. The Morgan fingerprint density at radius 3 is 2.65 bits per heavy atom. The van der Waals surface area contributed by atoms with Gasteiger partial charge in [-0.05, 0) is 49.4 Å². The molecule has 0 spiro atoms. The first kappa shape index (κ1) is 14.5. The molecule has 1 amide bonds. The highest BCUT2D eigenvalue weighted by Crippen LogP contribution is 2.22. The van der Waals surface area contributed by atoms with Gasteiger partial charge in [-0.1, -0.05) is 0 Å². The van der Waals surface area contributed by atoms with Crippen molar-refractivity contribution in [3.8, 4) is 0 Å². The van der Waals surface area contributed by atoms with Crippen LogP contribution in [0.25, 0.3) is 0 Å². The highest BCUT2D eigenvalue weighted by atomic mass is 19.1. The summed E-state index contributed by atoms with van der Waals surface area (Å²) in [6.07, 6.45) is 2.59. The third-order valence-corrected chi connectivity index (χ3v) is 3.66. The van der Waals surface area contributed by atoms with Crippen LogP contribution in [0, 0.1) is 11.7 Å². The van der Waals surface area contributed by atoms with Crippen molar-refractivity contribution >= 4 is 11.9 Å². The van der Waals surface area contributed by atoms with Gasteiger partial charge in [-0.25, -0.2) is 4.39 Å². The number of carboxylic acids is 1. The lowest BCUT2D eigenvalue weighted by molar-refractivity contribution is -0.137. The zero-order chi connectivity index (χ0) is 14.5. The van der Waals surface area contributed by atoms with Gasteiger partial charge in [-0.2, -0.15) is 0 Å². The highest BCUT2D eigenvalue weighted by molar-refractivity contribution is 5.94. The zero-order valence-corrected chi connectivity index (χ0v) is 11.2. The molecule has 1 N–H and O–H groups in total. The molecule has 0 radical (unpaired) electrons. The van der Waals surface area contributed by atoms with Crippen LogP contribution in [-0.4, -0.2) is 35.0 Å². The number of piperidine rings is 1. The highest BCUT2D eigenvalue weighted by Gasteiger charge is 2.24. The Hall–Kier alpha value is -1.91.